The van der Waals surface area contributed by atoms with Crippen molar-refractivity contribution in [3.63, 3.8) is 0 Å². The number of aromatic nitrogens is 2. The molecule has 1 N–H and O–H groups in total. The molecule has 5 aromatic rings. The van der Waals surface area contributed by atoms with Gasteiger partial charge >= 0.3 is 10.1 Å². The van der Waals surface area contributed by atoms with Crippen molar-refractivity contribution in [3.05, 3.63) is 91.1 Å². The van der Waals surface area contributed by atoms with Gasteiger partial charge in [0.15, 0.2) is 5.03 Å². The molecule has 0 amide bonds. The first-order valence-corrected chi connectivity index (χ1v) is 10.8. The van der Waals surface area contributed by atoms with E-state index in [1.807, 2.05) is 78.9 Å². The summed E-state index contributed by atoms with van der Waals surface area (Å²) in [6.07, 6.45) is 1.69. The van der Waals surface area contributed by atoms with Gasteiger partial charge in [0, 0.05) is 17.0 Å². The molecule has 6 heteroatoms. The fraction of sp³-hybridized carbons (Fsp3) is 0. The van der Waals surface area contributed by atoms with Crippen LogP contribution in [-0.4, -0.2) is 22.9 Å². The molecule has 0 aliphatic rings. The van der Waals surface area contributed by atoms with E-state index >= 15 is 0 Å². The van der Waals surface area contributed by atoms with Crippen molar-refractivity contribution in [3.8, 4) is 22.3 Å². The Balaban J connectivity index is 1.91. The van der Waals surface area contributed by atoms with Crippen molar-refractivity contribution in [2.24, 2.45) is 0 Å². The molecule has 0 spiro atoms. The van der Waals surface area contributed by atoms with Gasteiger partial charge in [-0.25, -0.2) is 4.98 Å². The van der Waals surface area contributed by atoms with Crippen LogP contribution in [0.3, 0.4) is 0 Å². The predicted molar refractivity (Wildman–Crippen MR) is 118 cm³/mol. The molecule has 0 bridgehead atoms. The monoisotopic (exact) mass is 412 g/mol. The minimum absolute atomic E-state index is 0.395. The van der Waals surface area contributed by atoms with E-state index in [-0.39, 0.29) is 0 Å². The first-order valence-electron chi connectivity index (χ1n) is 9.33. The molecule has 0 aliphatic heterocycles. The van der Waals surface area contributed by atoms with Gasteiger partial charge < -0.3 is 0 Å². The molecular formula is C24H16N2O3S. The third kappa shape index (κ3) is 3.12. The van der Waals surface area contributed by atoms with E-state index in [1.165, 1.54) is 6.07 Å². The van der Waals surface area contributed by atoms with Gasteiger partial charge in [-0.2, -0.15) is 8.42 Å². The average Bonchev–Trinajstić information content (AvgIpc) is 2.78. The molecule has 146 valence electrons. The van der Waals surface area contributed by atoms with E-state index < -0.39 is 15.1 Å². The second-order valence-corrected chi connectivity index (χ2v) is 8.30. The van der Waals surface area contributed by atoms with Gasteiger partial charge in [0.2, 0.25) is 0 Å². The summed E-state index contributed by atoms with van der Waals surface area (Å²) in [5, 5.41) is 1.22. The van der Waals surface area contributed by atoms with Gasteiger partial charge in [0.1, 0.15) is 0 Å². The van der Waals surface area contributed by atoms with E-state index in [1.54, 1.807) is 6.20 Å². The Morgan fingerprint density at radius 1 is 0.667 bits per heavy atom. The smallest absolute Gasteiger partial charge is 0.281 e. The number of nitrogens with zero attached hydrogens (tertiary/aromatic N) is 2. The molecule has 0 saturated carbocycles. The van der Waals surface area contributed by atoms with Crippen LogP contribution in [-0.2, 0) is 10.1 Å². The lowest BCUT2D eigenvalue weighted by Gasteiger charge is -2.12. The summed E-state index contributed by atoms with van der Waals surface area (Å²) in [4.78, 5) is 8.81. The zero-order valence-corrected chi connectivity index (χ0v) is 16.5. The van der Waals surface area contributed by atoms with Crippen LogP contribution in [0.1, 0.15) is 0 Å². The molecule has 0 saturated heterocycles. The van der Waals surface area contributed by atoms with Gasteiger partial charge in [0.05, 0.1) is 11.0 Å². The highest BCUT2D eigenvalue weighted by atomic mass is 32.2. The summed E-state index contributed by atoms with van der Waals surface area (Å²) < 4.78 is 33.6. The van der Waals surface area contributed by atoms with E-state index in [4.69, 9.17) is 0 Å². The number of benzene rings is 3. The first kappa shape index (κ1) is 18.4. The van der Waals surface area contributed by atoms with Crippen LogP contribution in [0, 0.1) is 0 Å². The molecule has 3 aromatic carbocycles. The summed E-state index contributed by atoms with van der Waals surface area (Å²) in [7, 11) is -4.49. The van der Waals surface area contributed by atoms with Crippen LogP contribution >= 0.6 is 0 Å². The Kier molecular flexibility index (Phi) is 4.31. The maximum atomic E-state index is 12.0. The highest BCUT2D eigenvalue weighted by Gasteiger charge is 2.19. The quantitative estimate of drug-likeness (QED) is 0.319. The SMILES string of the molecule is O=S(=O)(O)c1cc(-c2ccccc2)c2ccc3c(-c4ccccc4)ccnc3c2n1. The van der Waals surface area contributed by atoms with Gasteiger partial charge in [-0.3, -0.25) is 9.54 Å². The Bertz CT molecular complexity index is 1500. The minimum Gasteiger partial charge on any atom is -0.281 e. The fourth-order valence-corrected chi connectivity index (χ4v) is 4.21. The molecule has 30 heavy (non-hydrogen) atoms. The van der Waals surface area contributed by atoms with Crippen LogP contribution in [0.15, 0.2) is 96.2 Å². The van der Waals surface area contributed by atoms with Gasteiger partial charge in [0.25, 0.3) is 0 Å². The number of hydrogen-bond donors (Lipinski definition) is 1. The van der Waals surface area contributed by atoms with Crippen molar-refractivity contribution >= 4 is 31.9 Å². The van der Waals surface area contributed by atoms with Crippen LogP contribution < -0.4 is 0 Å². The number of pyridine rings is 2. The molecule has 5 rings (SSSR count). The van der Waals surface area contributed by atoms with E-state index in [0.717, 1.165) is 27.5 Å². The lowest BCUT2D eigenvalue weighted by atomic mass is 9.96. The fourth-order valence-electron chi connectivity index (χ4n) is 3.74. The Morgan fingerprint density at radius 3 is 1.83 bits per heavy atom. The largest absolute Gasteiger partial charge is 0.312 e. The van der Waals surface area contributed by atoms with Crippen molar-refractivity contribution in [1.29, 1.82) is 0 Å². The van der Waals surface area contributed by atoms with Crippen LogP contribution in [0.25, 0.3) is 44.1 Å². The Hall–Kier alpha value is -3.61. The molecular weight excluding hydrogens is 396 g/mol. The maximum Gasteiger partial charge on any atom is 0.312 e. The van der Waals surface area contributed by atoms with Crippen molar-refractivity contribution < 1.29 is 13.0 Å². The Labute approximate surface area is 173 Å². The van der Waals surface area contributed by atoms with Crippen molar-refractivity contribution in [1.82, 2.24) is 9.97 Å². The molecule has 0 radical (unpaired) electrons. The molecule has 0 atom stereocenters. The molecule has 0 aliphatic carbocycles. The molecule has 2 aromatic heterocycles. The van der Waals surface area contributed by atoms with Gasteiger partial charge in [-0.1, -0.05) is 72.8 Å². The van der Waals surface area contributed by atoms with E-state index in [9.17, 15) is 13.0 Å². The molecule has 0 unspecified atom stereocenters. The third-order valence-corrected chi connectivity index (χ3v) is 5.84. The first-order chi connectivity index (χ1) is 14.5. The predicted octanol–water partition coefficient (Wildman–Crippen LogP) is 5.36. The molecule has 0 fully saturated rings. The summed E-state index contributed by atoms with van der Waals surface area (Å²) in [5.74, 6) is 0. The molecule has 2 heterocycles. The lowest BCUT2D eigenvalue weighted by Crippen LogP contribution is -2.03. The highest BCUT2D eigenvalue weighted by molar-refractivity contribution is 7.85. The van der Waals surface area contributed by atoms with Crippen LogP contribution in [0.2, 0.25) is 0 Å². The zero-order chi connectivity index (χ0) is 20.7. The summed E-state index contributed by atoms with van der Waals surface area (Å²) in [5.41, 5.74) is 4.51. The Morgan fingerprint density at radius 2 is 1.23 bits per heavy atom. The summed E-state index contributed by atoms with van der Waals surface area (Å²) >= 11 is 0. The topological polar surface area (TPSA) is 80.2 Å². The normalized spacial score (nSPS) is 11.8. The van der Waals surface area contributed by atoms with Crippen LogP contribution in [0.4, 0.5) is 0 Å². The van der Waals surface area contributed by atoms with Gasteiger partial charge in [-0.05, 0) is 34.4 Å². The van der Waals surface area contributed by atoms with Crippen LogP contribution in [0.5, 0.6) is 0 Å². The standard InChI is InChI=1S/C24H16N2O3S/c27-30(28,29)22-15-21(17-9-5-2-6-10-17)20-12-11-19-18(16-7-3-1-4-8-16)13-14-25-23(19)24(20)26-22/h1-15H,(H,27,28,29). The molecule has 5 nitrogen and oxygen atoms in total. The number of rotatable bonds is 3. The van der Waals surface area contributed by atoms with Gasteiger partial charge in [-0.15, -0.1) is 0 Å². The third-order valence-electron chi connectivity index (χ3n) is 5.10. The van der Waals surface area contributed by atoms with Crippen molar-refractivity contribution in [2.45, 2.75) is 5.03 Å². The number of fused-ring (bicyclic) bond motifs is 3. The second kappa shape index (κ2) is 7.02. The zero-order valence-electron chi connectivity index (χ0n) is 15.7. The summed E-state index contributed by atoms with van der Waals surface area (Å²) in [6, 6.07) is 26.6. The summed E-state index contributed by atoms with van der Waals surface area (Å²) in [6.45, 7) is 0. The minimum atomic E-state index is -4.49. The average molecular weight is 412 g/mol. The van der Waals surface area contributed by atoms with E-state index in [2.05, 4.69) is 9.97 Å². The second-order valence-electron chi connectivity index (χ2n) is 6.93. The highest BCUT2D eigenvalue weighted by Crippen LogP contribution is 2.36. The van der Waals surface area contributed by atoms with Crippen molar-refractivity contribution in [2.75, 3.05) is 0 Å². The van der Waals surface area contributed by atoms with E-state index in [0.29, 0.717) is 16.6 Å². The lowest BCUT2D eigenvalue weighted by molar-refractivity contribution is 0.480. The number of hydrogen-bond acceptors (Lipinski definition) is 4. The maximum absolute atomic E-state index is 12.0.